The number of thiophene rings is 1. The highest BCUT2D eigenvalue weighted by Crippen LogP contribution is 2.32. The Morgan fingerprint density at radius 3 is 2.92 bits per heavy atom. The SMILES string of the molecule is CCc1cc2c(SCc3nnc(-c4cccc(C)c4)o3)ncnc2s1. The summed E-state index contributed by atoms with van der Waals surface area (Å²) >= 11 is 3.32. The van der Waals surface area contributed by atoms with Crippen LogP contribution in [0.5, 0.6) is 0 Å². The van der Waals surface area contributed by atoms with Crippen molar-refractivity contribution >= 4 is 33.3 Å². The number of benzene rings is 1. The zero-order valence-electron chi connectivity index (χ0n) is 13.9. The molecule has 25 heavy (non-hydrogen) atoms. The third-order valence-electron chi connectivity index (χ3n) is 3.76. The third-order valence-corrected chi connectivity index (χ3v) is 5.93. The molecule has 0 bridgehead atoms. The van der Waals surface area contributed by atoms with Crippen LogP contribution in [-0.4, -0.2) is 20.2 Å². The van der Waals surface area contributed by atoms with Crippen LogP contribution in [0.15, 0.2) is 46.1 Å². The van der Waals surface area contributed by atoms with Crippen molar-refractivity contribution in [2.75, 3.05) is 0 Å². The molecule has 0 N–H and O–H groups in total. The summed E-state index contributed by atoms with van der Waals surface area (Å²) in [6.07, 6.45) is 2.63. The Kier molecular flexibility index (Phi) is 4.50. The number of fused-ring (bicyclic) bond motifs is 1. The monoisotopic (exact) mass is 368 g/mol. The fourth-order valence-electron chi connectivity index (χ4n) is 2.51. The van der Waals surface area contributed by atoms with Gasteiger partial charge in [-0.25, -0.2) is 9.97 Å². The van der Waals surface area contributed by atoms with Gasteiger partial charge in [0.1, 0.15) is 16.2 Å². The molecule has 0 amide bonds. The summed E-state index contributed by atoms with van der Waals surface area (Å²) in [6.45, 7) is 4.19. The van der Waals surface area contributed by atoms with Gasteiger partial charge in [-0.05, 0) is 31.5 Å². The first-order chi connectivity index (χ1) is 12.2. The van der Waals surface area contributed by atoms with Crippen molar-refractivity contribution in [3.63, 3.8) is 0 Å². The molecule has 1 aromatic carbocycles. The van der Waals surface area contributed by atoms with Crippen LogP contribution in [0.4, 0.5) is 0 Å². The molecule has 0 aliphatic heterocycles. The van der Waals surface area contributed by atoms with Crippen molar-refractivity contribution in [3.05, 3.63) is 53.0 Å². The van der Waals surface area contributed by atoms with Crippen molar-refractivity contribution in [1.29, 1.82) is 0 Å². The van der Waals surface area contributed by atoms with Gasteiger partial charge in [0.15, 0.2) is 0 Å². The quantitative estimate of drug-likeness (QED) is 0.368. The molecule has 0 fully saturated rings. The van der Waals surface area contributed by atoms with Crippen LogP contribution in [0.25, 0.3) is 21.7 Å². The largest absolute Gasteiger partial charge is 0.420 e. The minimum atomic E-state index is 0.552. The van der Waals surface area contributed by atoms with Gasteiger partial charge >= 0.3 is 0 Å². The molecule has 0 aliphatic rings. The van der Waals surface area contributed by atoms with Crippen molar-refractivity contribution in [1.82, 2.24) is 20.2 Å². The maximum atomic E-state index is 5.80. The highest BCUT2D eigenvalue weighted by atomic mass is 32.2. The second-order valence-electron chi connectivity index (χ2n) is 5.62. The second kappa shape index (κ2) is 6.93. The molecule has 4 aromatic rings. The Bertz CT molecular complexity index is 1020. The lowest BCUT2D eigenvalue weighted by Gasteiger charge is -1.99. The van der Waals surface area contributed by atoms with E-state index in [1.165, 1.54) is 10.4 Å². The number of aryl methyl sites for hydroxylation is 2. The second-order valence-corrected chi connectivity index (χ2v) is 7.70. The van der Waals surface area contributed by atoms with E-state index in [1.54, 1.807) is 29.4 Å². The Morgan fingerprint density at radius 1 is 1.16 bits per heavy atom. The van der Waals surface area contributed by atoms with Crippen molar-refractivity contribution < 1.29 is 4.42 Å². The lowest BCUT2D eigenvalue weighted by molar-refractivity contribution is 0.528. The van der Waals surface area contributed by atoms with E-state index < -0.39 is 0 Å². The molecule has 0 atom stereocenters. The summed E-state index contributed by atoms with van der Waals surface area (Å²) in [5, 5.41) is 10.4. The van der Waals surface area contributed by atoms with Crippen LogP contribution < -0.4 is 0 Å². The average Bonchev–Trinajstić information content (AvgIpc) is 3.26. The van der Waals surface area contributed by atoms with E-state index in [2.05, 4.69) is 33.2 Å². The van der Waals surface area contributed by atoms with Crippen LogP contribution in [0, 0.1) is 6.92 Å². The standard InChI is InChI=1S/C18H16N4OS2/c1-3-13-8-14-17(19-10-20-18(14)25-13)24-9-15-21-22-16(23-15)12-6-4-5-11(2)7-12/h4-8,10H,3,9H2,1-2H3. The van der Waals surface area contributed by atoms with E-state index in [1.807, 2.05) is 31.2 Å². The van der Waals surface area contributed by atoms with Gasteiger partial charge in [-0.2, -0.15) is 0 Å². The van der Waals surface area contributed by atoms with Crippen LogP contribution >= 0.6 is 23.1 Å². The molecular formula is C18H16N4OS2. The first-order valence-electron chi connectivity index (χ1n) is 7.98. The summed E-state index contributed by atoms with van der Waals surface area (Å²) in [5.74, 6) is 1.73. The number of thioether (sulfide) groups is 1. The molecular weight excluding hydrogens is 352 g/mol. The number of rotatable bonds is 5. The molecule has 5 nitrogen and oxygen atoms in total. The zero-order chi connectivity index (χ0) is 17.2. The molecule has 0 saturated heterocycles. The van der Waals surface area contributed by atoms with Crippen molar-refractivity contribution in [2.24, 2.45) is 0 Å². The zero-order valence-corrected chi connectivity index (χ0v) is 15.5. The number of aromatic nitrogens is 4. The highest BCUT2D eigenvalue weighted by molar-refractivity contribution is 7.98. The number of nitrogens with zero attached hydrogens (tertiary/aromatic N) is 4. The maximum Gasteiger partial charge on any atom is 0.247 e. The summed E-state index contributed by atoms with van der Waals surface area (Å²) in [4.78, 5) is 11.1. The van der Waals surface area contributed by atoms with Gasteiger partial charge in [0.2, 0.25) is 11.8 Å². The van der Waals surface area contributed by atoms with Crippen molar-refractivity contribution in [2.45, 2.75) is 31.0 Å². The van der Waals surface area contributed by atoms with Gasteiger partial charge < -0.3 is 4.42 Å². The first kappa shape index (κ1) is 16.2. The van der Waals surface area contributed by atoms with Gasteiger partial charge in [0.25, 0.3) is 0 Å². The molecule has 0 radical (unpaired) electrons. The van der Waals surface area contributed by atoms with E-state index in [0.717, 1.165) is 27.2 Å². The summed E-state index contributed by atoms with van der Waals surface area (Å²) in [6, 6.07) is 10.2. The van der Waals surface area contributed by atoms with Gasteiger partial charge in [-0.3, -0.25) is 0 Å². The lowest BCUT2D eigenvalue weighted by Crippen LogP contribution is -1.85. The topological polar surface area (TPSA) is 64.7 Å². The minimum absolute atomic E-state index is 0.552. The first-order valence-corrected chi connectivity index (χ1v) is 9.79. The molecule has 4 rings (SSSR count). The van der Waals surface area contributed by atoms with E-state index in [-0.39, 0.29) is 0 Å². The van der Waals surface area contributed by atoms with Crippen LogP contribution in [-0.2, 0) is 12.2 Å². The Morgan fingerprint density at radius 2 is 2.08 bits per heavy atom. The highest BCUT2D eigenvalue weighted by Gasteiger charge is 2.12. The molecule has 7 heteroatoms. The van der Waals surface area contributed by atoms with E-state index in [4.69, 9.17) is 4.42 Å². The predicted octanol–water partition coefficient (Wildman–Crippen LogP) is 4.90. The molecule has 126 valence electrons. The van der Waals surface area contributed by atoms with Crippen LogP contribution in [0.3, 0.4) is 0 Å². The Balaban J connectivity index is 1.53. The van der Waals surface area contributed by atoms with E-state index in [9.17, 15) is 0 Å². The molecule has 3 heterocycles. The predicted molar refractivity (Wildman–Crippen MR) is 101 cm³/mol. The van der Waals surface area contributed by atoms with E-state index in [0.29, 0.717) is 17.5 Å². The maximum absolute atomic E-state index is 5.80. The Hall–Kier alpha value is -2.25. The summed E-state index contributed by atoms with van der Waals surface area (Å²) in [5.41, 5.74) is 2.11. The van der Waals surface area contributed by atoms with Crippen molar-refractivity contribution in [3.8, 4) is 11.5 Å². The Labute approximate surface area is 153 Å². The van der Waals surface area contributed by atoms with Gasteiger partial charge in [-0.1, -0.05) is 36.4 Å². The number of hydrogen-bond donors (Lipinski definition) is 0. The van der Waals surface area contributed by atoms with E-state index >= 15 is 0 Å². The lowest BCUT2D eigenvalue weighted by atomic mass is 10.1. The van der Waals surface area contributed by atoms with Gasteiger partial charge in [0, 0.05) is 15.8 Å². The van der Waals surface area contributed by atoms with Crippen LogP contribution in [0.2, 0.25) is 0 Å². The molecule has 0 aliphatic carbocycles. The minimum Gasteiger partial charge on any atom is -0.420 e. The van der Waals surface area contributed by atoms with Gasteiger partial charge in [0.05, 0.1) is 5.75 Å². The molecule has 0 unspecified atom stereocenters. The number of hydrogen-bond acceptors (Lipinski definition) is 7. The molecule has 0 spiro atoms. The molecule has 0 saturated carbocycles. The normalized spacial score (nSPS) is 11.3. The summed E-state index contributed by atoms with van der Waals surface area (Å²) < 4.78 is 5.80. The fourth-order valence-corrected chi connectivity index (χ4v) is 4.32. The summed E-state index contributed by atoms with van der Waals surface area (Å²) in [7, 11) is 0. The van der Waals surface area contributed by atoms with Crippen LogP contribution in [0.1, 0.15) is 23.3 Å². The van der Waals surface area contributed by atoms with Gasteiger partial charge in [-0.15, -0.1) is 21.5 Å². The molecule has 3 aromatic heterocycles. The smallest absolute Gasteiger partial charge is 0.247 e. The third kappa shape index (κ3) is 3.43. The fraction of sp³-hybridized carbons (Fsp3) is 0.222. The average molecular weight is 368 g/mol.